The van der Waals surface area contributed by atoms with Crippen LogP contribution in [0, 0.1) is 0 Å². The molecule has 4 rings (SSSR count). The van der Waals surface area contributed by atoms with Gasteiger partial charge >= 0.3 is 0 Å². The number of anilines is 2. The van der Waals surface area contributed by atoms with Crippen LogP contribution in [0.5, 0.6) is 23.1 Å². The zero-order valence-electron chi connectivity index (χ0n) is 21.3. The maximum Gasteiger partial charge on any atom is 0.298 e. The van der Waals surface area contributed by atoms with Crippen molar-refractivity contribution in [2.45, 2.75) is 24.9 Å². The Bertz CT molecular complexity index is 1330. The molecule has 3 heterocycles. The molecule has 204 valence electrons. The lowest BCUT2D eigenvalue weighted by atomic mass is 10.1. The lowest BCUT2D eigenvalue weighted by molar-refractivity contribution is 0.122. The molecule has 2 aromatic heterocycles. The number of aliphatic hydroxyl groups excluding tert-OH is 1. The first-order valence-corrected chi connectivity index (χ1v) is 13.4. The first kappa shape index (κ1) is 27.3. The molecule has 0 unspecified atom stereocenters. The van der Waals surface area contributed by atoms with Crippen LogP contribution in [0.1, 0.15) is 25.3 Å². The van der Waals surface area contributed by atoms with Gasteiger partial charge in [-0.05, 0) is 23.6 Å². The van der Waals surface area contributed by atoms with E-state index in [0.717, 1.165) is 5.56 Å². The van der Waals surface area contributed by atoms with Gasteiger partial charge in [-0.25, -0.2) is 9.97 Å². The van der Waals surface area contributed by atoms with Crippen LogP contribution >= 0.6 is 0 Å². The Kier molecular flexibility index (Phi) is 8.76. The maximum atomic E-state index is 13.3. The van der Waals surface area contributed by atoms with E-state index in [1.807, 2.05) is 18.7 Å². The van der Waals surface area contributed by atoms with Gasteiger partial charge in [0.05, 0.1) is 26.9 Å². The maximum absolute atomic E-state index is 13.3. The van der Waals surface area contributed by atoms with Crippen LogP contribution in [0.15, 0.2) is 41.8 Å². The molecular weight excluding hydrogens is 516 g/mol. The summed E-state index contributed by atoms with van der Waals surface area (Å²) in [6.07, 6.45) is 2.93. The predicted octanol–water partition coefficient (Wildman–Crippen LogP) is 2.20. The first-order chi connectivity index (χ1) is 18.3. The topological polar surface area (TPSA) is 158 Å². The number of nitrogens with one attached hydrogen (secondary N) is 1. The van der Waals surface area contributed by atoms with Gasteiger partial charge in [-0.3, -0.25) is 4.72 Å². The van der Waals surface area contributed by atoms with Crippen molar-refractivity contribution < 1.29 is 32.5 Å². The molecular formula is C24H30N6O7S. The number of benzene rings is 1. The smallest absolute Gasteiger partial charge is 0.298 e. The first-order valence-electron chi connectivity index (χ1n) is 12.0. The van der Waals surface area contributed by atoms with Gasteiger partial charge in [-0.1, -0.05) is 26.0 Å². The molecule has 14 heteroatoms. The van der Waals surface area contributed by atoms with Crippen molar-refractivity contribution in [3.63, 3.8) is 0 Å². The van der Waals surface area contributed by atoms with E-state index in [4.69, 9.17) is 18.9 Å². The Morgan fingerprint density at radius 3 is 2.42 bits per heavy atom. The molecule has 2 N–H and O–H groups in total. The Morgan fingerprint density at radius 2 is 1.79 bits per heavy atom. The van der Waals surface area contributed by atoms with Crippen LogP contribution < -0.4 is 23.8 Å². The van der Waals surface area contributed by atoms with Crippen LogP contribution in [0.3, 0.4) is 0 Å². The summed E-state index contributed by atoms with van der Waals surface area (Å²) in [5, 5.41) is 8.95. The van der Waals surface area contributed by atoms with Crippen molar-refractivity contribution in [2.24, 2.45) is 0 Å². The summed E-state index contributed by atoms with van der Waals surface area (Å²) in [5.41, 5.74) is 0.792. The van der Waals surface area contributed by atoms with E-state index in [0.29, 0.717) is 32.1 Å². The minimum absolute atomic E-state index is 0.0739. The fourth-order valence-electron chi connectivity index (χ4n) is 3.47. The van der Waals surface area contributed by atoms with E-state index >= 15 is 0 Å². The minimum atomic E-state index is -4.29. The molecule has 3 aromatic rings. The third-order valence-electron chi connectivity index (χ3n) is 5.51. The highest BCUT2D eigenvalue weighted by atomic mass is 32.2. The van der Waals surface area contributed by atoms with E-state index in [2.05, 4.69) is 24.7 Å². The summed E-state index contributed by atoms with van der Waals surface area (Å²) in [5.74, 6) is 0.588. The summed E-state index contributed by atoms with van der Waals surface area (Å²) in [6, 6.07) is 6.80. The third-order valence-corrected chi connectivity index (χ3v) is 6.67. The molecule has 1 aliphatic heterocycles. The summed E-state index contributed by atoms with van der Waals surface area (Å²) in [6.45, 7) is 5.36. The number of methoxy groups -OCH3 is 1. The molecule has 0 spiro atoms. The third kappa shape index (κ3) is 6.38. The van der Waals surface area contributed by atoms with Gasteiger partial charge in [-0.15, -0.1) is 0 Å². The Morgan fingerprint density at radius 1 is 1.11 bits per heavy atom. The Hall–Kier alpha value is -3.75. The van der Waals surface area contributed by atoms with Gasteiger partial charge in [0.2, 0.25) is 11.7 Å². The molecule has 1 saturated heterocycles. The summed E-state index contributed by atoms with van der Waals surface area (Å²) in [4.78, 5) is 18.9. The number of morpholine rings is 1. The number of hydrogen-bond donors (Lipinski definition) is 2. The largest absolute Gasteiger partial charge is 0.493 e. The monoisotopic (exact) mass is 546 g/mol. The zero-order valence-corrected chi connectivity index (χ0v) is 22.1. The van der Waals surface area contributed by atoms with Gasteiger partial charge in [0.1, 0.15) is 6.61 Å². The van der Waals surface area contributed by atoms with E-state index in [-0.39, 0.29) is 48.3 Å². The lowest BCUT2D eigenvalue weighted by Crippen LogP contribution is -2.37. The summed E-state index contributed by atoms with van der Waals surface area (Å²) < 4.78 is 51.6. The van der Waals surface area contributed by atoms with Crippen LogP contribution in [0.25, 0.3) is 0 Å². The average Bonchev–Trinajstić information content (AvgIpc) is 2.93. The SMILES string of the molecule is COc1ccccc1Oc1c(NS(=O)(=O)c2ncc(C(C)C)cn2)nc(N2CCOCC2)nc1OCCO. The lowest BCUT2D eigenvalue weighted by Gasteiger charge is -2.28. The second-order valence-electron chi connectivity index (χ2n) is 8.49. The number of para-hydroxylation sites is 2. The van der Waals surface area contributed by atoms with Crippen molar-refractivity contribution in [1.82, 2.24) is 19.9 Å². The fourth-order valence-corrected chi connectivity index (χ4v) is 4.34. The van der Waals surface area contributed by atoms with Crippen LogP contribution in [0.4, 0.5) is 11.8 Å². The number of aromatic nitrogens is 4. The highest BCUT2D eigenvalue weighted by Crippen LogP contribution is 2.41. The molecule has 1 aliphatic rings. The van der Waals surface area contributed by atoms with E-state index < -0.39 is 15.2 Å². The van der Waals surface area contributed by atoms with Crippen molar-refractivity contribution >= 4 is 21.8 Å². The zero-order chi connectivity index (χ0) is 27.1. The number of nitrogens with zero attached hydrogens (tertiary/aromatic N) is 5. The molecule has 38 heavy (non-hydrogen) atoms. The van der Waals surface area contributed by atoms with Crippen LogP contribution in [-0.2, 0) is 14.8 Å². The standard InChI is InChI=1S/C24H30N6O7S/c1-16(2)17-14-25-24(26-15-17)38(32,33)29-21-20(37-19-7-5-4-6-18(19)34-3)22(36-13-10-31)28-23(27-21)30-8-11-35-12-9-30/h4-7,14-16,31H,8-13H2,1-3H3,(H,27,28,29). The second kappa shape index (κ2) is 12.2. The van der Waals surface area contributed by atoms with Gasteiger partial charge in [0, 0.05) is 25.5 Å². The normalized spacial score (nSPS) is 13.9. The molecule has 0 amide bonds. The molecule has 1 fully saturated rings. The Balaban J connectivity index is 1.81. The molecule has 0 radical (unpaired) electrons. The number of rotatable bonds is 11. The molecule has 0 bridgehead atoms. The number of hydrogen-bond acceptors (Lipinski definition) is 12. The quantitative estimate of drug-likeness (QED) is 0.338. The average molecular weight is 547 g/mol. The summed E-state index contributed by atoms with van der Waals surface area (Å²) in [7, 11) is -2.82. The predicted molar refractivity (Wildman–Crippen MR) is 138 cm³/mol. The fraction of sp³-hybridized carbons (Fsp3) is 0.417. The van der Waals surface area contributed by atoms with Gasteiger partial charge in [0.25, 0.3) is 21.1 Å². The van der Waals surface area contributed by atoms with Crippen molar-refractivity contribution in [2.75, 3.05) is 56.2 Å². The molecule has 0 aliphatic carbocycles. The van der Waals surface area contributed by atoms with E-state index in [1.54, 1.807) is 24.3 Å². The summed E-state index contributed by atoms with van der Waals surface area (Å²) >= 11 is 0. The van der Waals surface area contributed by atoms with Crippen molar-refractivity contribution in [3.05, 3.63) is 42.2 Å². The number of sulfonamides is 1. The van der Waals surface area contributed by atoms with Crippen LogP contribution in [-0.4, -0.2) is 80.1 Å². The molecule has 0 atom stereocenters. The number of aliphatic hydroxyl groups is 1. The van der Waals surface area contributed by atoms with Gasteiger partial charge in [-0.2, -0.15) is 18.4 Å². The molecule has 0 saturated carbocycles. The molecule has 13 nitrogen and oxygen atoms in total. The van der Waals surface area contributed by atoms with Crippen molar-refractivity contribution in [3.8, 4) is 23.1 Å². The number of ether oxygens (including phenoxy) is 4. The molecule has 1 aromatic carbocycles. The Labute approximate surface area is 220 Å². The van der Waals surface area contributed by atoms with Gasteiger partial charge in [0.15, 0.2) is 17.3 Å². The minimum Gasteiger partial charge on any atom is -0.493 e. The van der Waals surface area contributed by atoms with Gasteiger partial charge < -0.3 is 29.0 Å². The van der Waals surface area contributed by atoms with Crippen molar-refractivity contribution in [1.29, 1.82) is 0 Å². The highest BCUT2D eigenvalue weighted by Gasteiger charge is 2.28. The van der Waals surface area contributed by atoms with E-state index in [1.165, 1.54) is 19.5 Å². The second-order valence-corrected chi connectivity index (χ2v) is 10.1. The highest BCUT2D eigenvalue weighted by molar-refractivity contribution is 7.92. The van der Waals surface area contributed by atoms with E-state index in [9.17, 15) is 13.5 Å². The van der Waals surface area contributed by atoms with Crippen LogP contribution in [0.2, 0.25) is 0 Å².